The highest BCUT2D eigenvalue weighted by Gasteiger charge is 2.49. The largest absolute Gasteiger partial charge is 0.461 e. The van der Waals surface area contributed by atoms with Gasteiger partial charge in [-0.1, -0.05) is 6.08 Å². The number of aromatic nitrogens is 4. The SMILES string of the molecule is Cc1cc(N)nc(-c2ncc3c(N(C)[C@@H]4CCN(C(=O)/C=C/[C@H]5CCN5C)C4)nc(OC[C@@]45CCCN4CC(F)C5)nc3c2F)c1C(F)(F)F. The van der Waals surface area contributed by atoms with Gasteiger partial charge in [-0.15, -0.1) is 0 Å². The number of amides is 1. The van der Waals surface area contributed by atoms with Crippen LogP contribution in [0.3, 0.4) is 0 Å². The molecule has 7 rings (SSSR count). The van der Waals surface area contributed by atoms with Gasteiger partial charge in [0.2, 0.25) is 5.91 Å². The summed E-state index contributed by atoms with van der Waals surface area (Å²) in [5.41, 5.74) is 2.14. The first kappa shape index (κ1) is 34.3. The van der Waals surface area contributed by atoms with Crippen LogP contribution in [0.15, 0.2) is 24.4 Å². The topological polar surface area (TPSA) is 117 Å². The molecule has 1 unspecified atom stereocenters. The zero-order chi connectivity index (χ0) is 35.5. The monoisotopic (exact) mass is 701 g/mol. The number of nitrogens with two attached hydrogens (primary N) is 1. The van der Waals surface area contributed by atoms with E-state index in [-0.39, 0.29) is 65.1 Å². The molecule has 2 N–H and O–H groups in total. The minimum atomic E-state index is -4.87. The van der Waals surface area contributed by atoms with E-state index in [4.69, 9.17) is 10.5 Å². The van der Waals surface area contributed by atoms with E-state index in [9.17, 15) is 22.4 Å². The number of nitrogens with zero attached hydrogens (tertiary/aromatic N) is 8. The lowest BCUT2D eigenvalue weighted by atomic mass is 9.95. The van der Waals surface area contributed by atoms with Crippen molar-refractivity contribution in [2.24, 2.45) is 0 Å². The van der Waals surface area contributed by atoms with Crippen LogP contribution < -0.4 is 15.4 Å². The number of pyridine rings is 2. The summed E-state index contributed by atoms with van der Waals surface area (Å²) in [6, 6.07) is 0.881. The molecule has 268 valence electrons. The Balaban J connectivity index is 1.25. The summed E-state index contributed by atoms with van der Waals surface area (Å²) in [7, 11) is 3.76. The first-order valence-corrected chi connectivity index (χ1v) is 16.9. The van der Waals surface area contributed by atoms with Gasteiger partial charge < -0.3 is 20.3 Å². The molecule has 3 aromatic rings. The lowest BCUT2D eigenvalue weighted by molar-refractivity contribution is -0.137. The number of likely N-dealkylation sites (tertiary alicyclic amines) is 2. The van der Waals surface area contributed by atoms with E-state index in [0.717, 1.165) is 32.0 Å². The lowest BCUT2D eigenvalue weighted by Crippen LogP contribution is -2.43. The van der Waals surface area contributed by atoms with Crippen molar-refractivity contribution in [3.63, 3.8) is 0 Å². The zero-order valence-corrected chi connectivity index (χ0v) is 28.2. The maximum Gasteiger partial charge on any atom is 0.418 e. The molecule has 4 saturated heterocycles. The average molecular weight is 702 g/mol. The van der Waals surface area contributed by atoms with Gasteiger partial charge in [-0.05, 0) is 57.8 Å². The molecule has 3 aromatic heterocycles. The molecule has 0 spiro atoms. The number of carbonyl (C=O) groups is 1. The van der Waals surface area contributed by atoms with Crippen molar-refractivity contribution in [2.45, 2.75) is 69.0 Å². The fourth-order valence-corrected chi connectivity index (χ4v) is 7.90. The second-order valence-corrected chi connectivity index (χ2v) is 14.0. The first-order chi connectivity index (χ1) is 23.7. The van der Waals surface area contributed by atoms with Gasteiger partial charge in [-0.2, -0.15) is 23.1 Å². The number of fused-ring (bicyclic) bond motifs is 2. The Hall–Kier alpha value is -4.18. The Morgan fingerprint density at radius 1 is 1.16 bits per heavy atom. The molecule has 4 fully saturated rings. The van der Waals surface area contributed by atoms with Gasteiger partial charge in [-0.25, -0.2) is 13.8 Å². The molecule has 4 aliphatic heterocycles. The molecular weight excluding hydrogens is 661 g/mol. The fourth-order valence-electron chi connectivity index (χ4n) is 7.90. The van der Waals surface area contributed by atoms with E-state index in [1.165, 1.54) is 13.1 Å². The number of aryl methyl sites for hydroxylation is 1. The van der Waals surface area contributed by atoms with Crippen molar-refractivity contribution in [1.29, 1.82) is 0 Å². The minimum absolute atomic E-state index is 0.0596. The van der Waals surface area contributed by atoms with E-state index >= 15 is 4.39 Å². The van der Waals surface area contributed by atoms with Gasteiger partial charge >= 0.3 is 12.2 Å². The molecule has 4 atom stereocenters. The Labute approximate surface area is 286 Å². The molecule has 11 nitrogen and oxygen atoms in total. The van der Waals surface area contributed by atoms with Gasteiger partial charge in [0.15, 0.2) is 5.82 Å². The number of carbonyl (C=O) groups excluding carboxylic acids is 1. The van der Waals surface area contributed by atoms with Crippen molar-refractivity contribution < 1.29 is 31.5 Å². The highest BCUT2D eigenvalue weighted by Crippen LogP contribution is 2.42. The van der Waals surface area contributed by atoms with Crippen LogP contribution >= 0.6 is 0 Å². The Kier molecular flexibility index (Phi) is 8.81. The maximum absolute atomic E-state index is 16.6. The number of nitrogen functional groups attached to an aromatic ring is 1. The molecule has 7 heterocycles. The van der Waals surface area contributed by atoms with Crippen molar-refractivity contribution in [1.82, 2.24) is 34.6 Å². The Morgan fingerprint density at radius 2 is 1.96 bits per heavy atom. The summed E-state index contributed by atoms with van der Waals surface area (Å²) in [4.78, 5) is 37.8. The van der Waals surface area contributed by atoms with E-state index in [1.54, 1.807) is 22.9 Å². The molecule has 0 aliphatic carbocycles. The smallest absolute Gasteiger partial charge is 0.418 e. The number of hydrogen-bond acceptors (Lipinski definition) is 10. The number of halogens is 5. The third-order valence-corrected chi connectivity index (χ3v) is 10.8. The van der Waals surface area contributed by atoms with Crippen molar-refractivity contribution >= 4 is 28.4 Å². The minimum Gasteiger partial charge on any atom is -0.461 e. The second-order valence-electron chi connectivity index (χ2n) is 14.0. The van der Waals surface area contributed by atoms with E-state index in [0.29, 0.717) is 32.5 Å². The molecule has 16 heteroatoms. The van der Waals surface area contributed by atoms with Crippen LogP contribution in [0.2, 0.25) is 0 Å². The number of anilines is 2. The second kappa shape index (κ2) is 12.9. The third-order valence-electron chi connectivity index (χ3n) is 10.8. The third kappa shape index (κ3) is 6.20. The van der Waals surface area contributed by atoms with Gasteiger partial charge in [0, 0.05) is 64.0 Å². The molecule has 0 saturated carbocycles. The standard InChI is InChI=1S/C34H40F5N9O2/c1-19-13-24(40)42-29(26(19)34(37,38)39)30-27(36)28-23(15-41-30)31(44-32(43-28)50-18-33-9-4-10-48(33)16-20(35)14-33)46(3)22-8-12-47(17-22)25(49)6-5-21-7-11-45(21)2/h5-6,13,15,20-22H,4,7-12,14,16-18H2,1-3H3,(H2,40,42)/b6-5+/t20?,21-,22+,33-/m0/s1. The number of alkyl halides is 4. The molecule has 0 radical (unpaired) electrons. The van der Waals surface area contributed by atoms with Crippen LogP contribution in [0.4, 0.5) is 33.6 Å². The Bertz CT molecular complexity index is 1840. The van der Waals surface area contributed by atoms with E-state index < -0.39 is 40.7 Å². The van der Waals surface area contributed by atoms with Gasteiger partial charge in [0.05, 0.1) is 16.5 Å². The number of rotatable bonds is 8. The molecule has 4 aliphatic rings. The molecule has 0 aromatic carbocycles. The van der Waals surface area contributed by atoms with Crippen LogP contribution in [0.5, 0.6) is 6.01 Å². The average Bonchev–Trinajstić information content (AvgIpc) is 3.76. The van der Waals surface area contributed by atoms with E-state index in [2.05, 4.69) is 29.7 Å². The fraction of sp³-hybridized carbons (Fsp3) is 0.559. The molecule has 0 bridgehead atoms. The first-order valence-electron chi connectivity index (χ1n) is 16.9. The van der Waals surface area contributed by atoms with Crippen molar-refractivity contribution in [2.75, 3.05) is 64.1 Å². The predicted octanol–water partition coefficient (Wildman–Crippen LogP) is 4.39. The summed E-state index contributed by atoms with van der Waals surface area (Å²) >= 11 is 0. The van der Waals surface area contributed by atoms with Crippen LogP contribution in [-0.2, 0) is 11.0 Å². The summed E-state index contributed by atoms with van der Waals surface area (Å²) in [5.74, 6) is -1.25. The van der Waals surface area contributed by atoms with Crippen molar-refractivity contribution in [3.8, 4) is 17.4 Å². The Morgan fingerprint density at radius 3 is 2.68 bits per heavy atom. The van der Waals surface area contributed by atoms with Crippen LogP contribution in [0.25, 0.3) is 22.3 Å². The highest BCUT2D eigenvalue weighted by atomic mass is 19.4. The lowest BCUT2D eigenvalue weighted by Gasteiger charge is -2.35. The van der Waals surface area contributed by atoms with Crippen LogP contribution in [0.1, 0.15) is 43.2 Å². The van der Waals surface area contributed by atoms with Gasteiger partial charge in [0.1, 0.15) is 41.3 Å². The summed E-state index contributed by atoms with van der Waals surface area (Å²) in [6.07, 6.45) is 2.34. The zero-order valence-electron chi connectivity index (χ0n) is 28.2. The molecule has 1 amide bonds. The number of likely N-dealkylation sites (N-methyl/N-ethyl adjacent to an activating group) is 2. The quantitative estimate of drug-likeness (QED) is 0.268. The predicted molar refractivity (Wildman–Crippen MR) is 177 cm³/mol. The highest BCUT2D eigenvalue weighted by molar-refractivity contribution is 5.92. The normalized spacial score (nSPS) is 25.8. The number of ether oxygens (including phenoxy) is 1. The van der Waals surface area contributed by atoms with Gasteiger partial charge in [0.25, 0.3) is 0 Å². The molecular formula is C34H40F5N9O2. The summed E-state index contributed by atoms with van der Waals surface area (Å²) < 4.78 is 79.9. The van der Waals surface area contributed by atoms with Crippen LogP contribution in [0, 0.1) is 12.7 Å². The van der Waals surface area contributed by atoms with Crippen molar-refractivity contribution in [3.05, 3.63) is 41.4 Å². The molecule has 50 heavy (non-hydrogen) atoms. The number of hydrogen-bond donors (Lipinski definition) is 1. The van der Waals surface area contributed by atoms with E-state index in [1.807, 2.05) is 13.1 Å². The summed E-state index contributed by atoms with van der Waals surface area (Å²) in [5, 5.41) is 0.137. The maximum atomic E-state index is 16.6. The van der Waals surface area contributed by atoms with Gasteiger partial charge in [-0.3, -0.25) is 19.6 Å². The summed E-state index contributed by atoms with van der Waals surface area (Å²) in [6.45, 7) is 4.17. The van der Waals surface area contributed by atoms with Crippen LogP contribution in [-0.4, -0.2) is 118 Å².